The molecule has 1 heterocycles. The monoisotopic (exact) mass is 428 g/mol. The van der Waals surface area contributed by atoms with Gasteiger partial charge in [0.15, 0.2) is 5.11 Å². The second kappa shape index (κ2) is 9.98. The van der Waals surface area contributed by atoms with Crippen molar-refractivity contribution in [3.63, 3.8) is 0 Å². The molecule has 1 atom stereocenters. The zero-order valence-electron chi connectivity index (χ0n) is 17.1. The van der Waals surface area contributed by atoms with Crippen LogP contribution in [0, 0.1) is 0 Å². The lowest BCUT2D eigenvalue weighted by Crippen LogP contribution is -2.45. The van der Waals surface area contributed by atoms with Gasteiger partial charge in [-0.2, -0.15) is 0 Å². The molecule has 30 heavy (non-hydrogen) atoms. The van der Waals surface area contributed by atoms with Crippen LogP contribution in [0.15, 0.2) is 59.8 Å². The summed E-state index contributed by atoms with van der Waals surface area (Å²) in [5.74, 6) is 1.48. The molecule has 0 saturated heterocycles. The van der Waals surface area contributed by atoms with E-state index in [0.29, 0.717) is 39.2 Å². The lowest BCUT2D eigenvalue weighted by atomic mass is 9.94. The van der Waals surface area contributed by atoms with Gasteiger partial charge in [0, 0.05) is 11.3 Å². The van der Waals surface area contributed by atoms with E-state index in [9.17, 15) is 4.79 Å². The number of methoxy groups -OCH3 is 2. The third-order valence-electron chi connectivity index (χ3n) is 4.57. The summed E-state index contributed by atoms with van der Waals surface area (Å²) in [5.41, 5.74) is 1.74. The summed E-state index contributed by atoms with van der Waals surface area (Å²) < 4.78 is 21.9. The zero-order chi connectivity index (χ0) is 21.5. The Bertz CT molecular complexity index is 946. The van der Waals surface area contributed by atoms with Gasteiger partial charge in [0.25, 0.3) is 0 Å². The number of benzene rings is 2. The Morgan fingerprint density at radius 3 is 2.50 bits per heavy atom. The molecule has 7 nitrogen and oxygen atoms in total. The Balaban J connectivity index is 1.77. The predicted octanol–water partition coefficient (Wildman–Crippen LogP) is 3.12. The van der Waals surface area contributed by atoms with E-state index in [0.717, 1.165) is 0 Å². The van der Waals surface area contributed by atoms with Crippen molar-refractivity contribution >= 4 is 23.3 Å². The highest BCUT2D eigenvalue weighted by atomic mass is 32.1. The fourth-order valence-electron chi connectivity index (χ4n) is 3.15. The first kappa shape index (κ1) is 21.4. The van der Waals surface area contributed by atoms with Crippen molar-refractivity contribution in [3.8, 4) is 17.2 Å². The number of thiocarbonyl (C=S) groups is 1. The molecular formula is C22H24N2O5S. The van der Waals surface area contributed by atoms with E-state index in [-0.39, 0.29) is 13.2 Å². The van der Waals surface area contributed by atoms with Crippen molar-refractivity contribution in [2.75, 3.05) is 27.4 Å². The molecule has 2 aromatic rings. The van der Waals surface area contributed by atoms with E-state index in [2.05, 4.69) is 10.6 Å². The third kappa shape index (κ3) is 5.01. The average Bonchev–Trinajstić information content (AvgIpc) is 2.76. The molecule has 0 fully saturated rings. The molecule has 158 valence electrons. The van der Waals surface area contributed by atoms with Crippen molar-refractivity contribution in [1.82, 2.24) is 10.6 Å². The van der Waals surface area contributed by atoms with Crippen LogP contribution < -0.4 is 24.8 Å². The number of esters is 1. The maximum absolute atomic E-state index is 12.9. The number of para-hydroxylation sites is 1. The smallest absolute Gasteiger partial charge is 0.338 e. The lowest BCUT2D eigenvalue weighted by Gasteiger charge is -2.30. The van der Waals surface area contributed by atoms with Crippen molar-refractivity contribution < 1.29 is 23.7 Å². The van der Waals surface area contributed by atoms with Gasteiger partial charge in [0.1, 0.15) is 30.5 Å². The van der Waals surface area contributed by atoms with Crippen LogP contribution in [0.1, 0.15) is 18.5 Å². The average molecular weight is 429 g/mol. The predicted molar refractivity (Wildman–Crippen MR) is 117 cm³/mol. The summed E-state index contributed by atoms with van der Waals surface area (Å²) >= 11 is 5.30. The van der Waals surface area contributed by atoms with Crippen LogP contribution in [-0.4, -0.2) is 38.5 Å². The fourth-order valence-corrected chi connectivity index (χ4v) is 3.42. The first-order valence-electron chi connectivity index (χ1n) is 9.38. The zero-order valence-corrected chi connectivity index (χ0v) is 17.9. The fraction of sp³-hybridized carbons (Fsp3) is 0.273. The molecule has 0 radical (unpaired) electrons. The largest absolute Gasteiger partial charge is 0.497 e. The number of carbonyl (C=O) groups excluding carboxylic acids is 1. The molecule has 0 aromatic heterocycles. The van der Waals surface area contributed by atoms with Crippen LogP contribution in [0.4, 0.5) is 0 Å². The van der Waals surface area contributed by atoms with Crippen LogP contribution in [0.3, 0.4) is 0 Å². The maximum Gasteiger partial charge on any atom is 0.338 e. The summed E-state index contributed by atoms with van der Waals surface area (Å²) in [7, 11) is 3.15. The molecular weight excluding hydrogens is 404 g/mol. The first-order chi connectivity index (χ1) is 14.5. The van der Waals surface area contributed by atoms with Crippen molar-refractivity contribution in [3.05, 3.63) is 65.4 Å². The number of rotatable bonds is 8. The molecule has 2 N–H and O–H groups in total. The van der Waals surface area contributed by atoms with Crippen molar-refractivity contribution in [2.45, 2.75) is 13.0 Å². The maximum atomic E-state index is 12.9. The van der Waals surface area contributed by atoms with Gasteiger partial charge in [-0.3, -0.25) is 0 Å². The van der Waals surface area contributed by atoms with Gasteiger partial charge in [-0.15, -0.1) is 0 Å². The number of hydrogen-bond donors (Lipinski definition) is 2. The molecule has 3 rings (SSSR count). The van der Waals surface area contributed by atoms with Crippen LogP contribution >= 0.6 is 12.2 Å². The summed E-state index contributed by atoms with van der Waals surface area (Å²) in [6.45, 7) is 2.13. The van der Waals surface area contributed by atoms with E-state index in [4.69, 9.17) is 31.2 Å². The van der Waals surface area contributed by atoms with Crippen molar-refractivity contribution in [2.24, 2.45) is 0 Å². The van der Waals surface area contributed by atoms with Gasteiger partial charge in [0.05, 0.1) is 25.8 Å². The topological polar surface area (TPSA) is 78.1 Å². The molecule has 0 saturated carbocycles. The van der Waals surface area contributed by atoms with Gasteiger partial charge >= 0.3 is 5.97 Å². The highest BCUT2D eigenvalue weighted by Crippen LogP contribution is 2.35. The van der Waals surface area contributed by atoms with Crippen molar-refractivity contribution in [1.29, 1.82) is 0 Å². The minimum atomic E-state index is -0.550. The third-order valence-corrected chi connectivity index (χ3v) is 4.79. The Morgan fingerprint density at radius 2 is 1.80 bits per heavy atom. The molecule has 8 heteroatoms. The van der Waals surface area contributed by atoms with Gasteiger partial charge in [-0.1, -0.05) is 18.2 Å². The minimum absolute atomic E-state index is 0.108. The Morgan fingerprint density at radius 1 is 1.03 bits per heavy atom. The number of hydrogen-bond acceptors (Lipinski definition) is 6. The Labute approximate surface area is 181 Å². The first-order valence-corrected chi connectivity index (χ1v) is 9.79. The van der Waals surface area contributed by atoms with Crippen LogP contribution in [0.25, 0.3) is 0 Å². The van der Waals surface area contributed by atoms with E-state index >= 15 is 0 Å². The molecule has 0 unspecified atom stereocenters. The summed E-state index contributed by atoms with van der Waals surface area (Å²) in [6, 6.07) is 14.2. The Kier molecular flexibility index (Phi) is 7.13. The highest BCUT2D eigenvalue weighted by molar-refractivity contribution is 7.80. The molecule has 1 aliphatic heterocycles. The quantitative estimate of drug-likeness (QED) is 0.377. The molecule has 0 spiro atoms. The van der Waals surface area contributed by atoms with Gasteiger partial charge in [-0.05, 0) is 49.5 Å². The molecule has 0 bridgehead atoms. The van der Waals surface area contributed by atoms with E-state index in [1.54, 1.807) is 33.3 Å². The standard InChI is InChI=1S/C22H24N2O5S/c1-14-19(21(25)29-12-11-28-15-7-5-4-6-8-15)20(24-22(30)23-14)17-13-16(26-2)9-10-18(17)27-3/h4-10,13,20H,11-12H2,1-3H3,(H2,23,24,30)/t20-/m1/s1. The van der Waals surface area contributed by atoms with Gasteiger partial charge in [0.2, 0.25) is 0 Å². The minimum Gasteiger partial charge on any atom is -0.497 e. The second-order valence-corrected chi connectivity index (χ2v) is 6.88. The lowest BCUT2D eigenvalue weighted by molar-refractivity contribution is -0.140. The molecule has 0 amide bonds. The van der Waals surface area contributed by atoms with E-state index < -0.39 is 12.0 Å². The van der Waals surface area contributed by atoms with Crippen LogP contribution in [-0.2, 0) is 9.53 Å². The second-order valence-electron chi connectivity index (χ2n) is 6.48. The summed E-state index contributed by atoms with van der Waals surface area (Å²) in [5, 5.41) is 6.53. The Hall–Kier alpha value is -3.26. The summed E-state index contributed by atoms with van der Waals surface area (Å²) in [6.07, 6.45) is 0. The number of allylic oxidation sites excluding steroid dienone is 1. The molecule has 0 aliphatic carbocycles. The van der Waals surface area contributed by atoms with E-state index in [1.807, 2.05) is 36.4 Å². The SMILES string of the molecule is COc1ccc(OC)c([C@H]2NC(=S)NC(C)=C2C(=O)OCCOc2ccccc2)c1. The highest BCUT2D eigenvalue weighted by Gasteiger charge is 2.33. The molecule has 2 aromatic carbocycles. The van der Waals surface area contributed by atoms with E-state index in [1.165, 1.54) is 0 Å². The molecule has 1 aliphatic rings. The number of nitrogens with one attached hydrogen (secondary N) is 2. The summed E-state index contributed by atoms with van der Waals surface area (Å²) in [4.78, 5) is 12.9. The normalized spacial score (nSPS) is 15.7. The van der Waals surface area contributed by atoms with Gasteiger partial charge in [-0.25, -0.2) is 4.79 Å². The van der Waals surface area contributed by atoms with Crippen LogP contribution in [0.2, 0.25) is 0 Å². The van der Waals surface area contributed by atoms with Gasteiger partial charge < -0.3 is 29.6 Å². The van der Waals surface area contributed by atoms with Crippen LogP contribution in [0.5, 0.6) is 17.2 Å². The number of carbonyl (C=O) groups is 1. The number of ether oxygens (including phenoxy) is 4.